The van der Waals surface area contributed by atoms with Crippen LogP contribution in [0, 0.1) is 11.8 Å². The second-order valence-corrected chi connectivity index (χ2v) is 13.4. The van der Waals surface area contributed by atoms with Crippen molar-refractivity contribution in [2.24, 2.45) is 11.8 Å². The lowest BCUT2D eigenvalue weighted by Gasteiger charge is -2.50. The van der Waals surface area contributed by atoms with Crippen LogP contribution in [0.5, 0.6) is 5.75 Å². The molecule has 2 aromatic rings. The lowest BCUT2D eigenvalue weighted by Crippen LogP contribution is -2.65. The lowest BCUT2D eigenvalue weighted by molar-refractivity contribution is -0.153. The van der Waals surface area contributed by atoms with Crippen molar-refractivity contribution in [1.82, 2.24) is 15.1 Å². The fraction of sp³-hybridized carbons (Fsp3) is 0.444. The number of likely N-dealkylation sites (tertiary alicyclic amines) is 1. The molecular weight excluding hydrogens is 602 g/mol. The number of nitrogens with zero attached hydrogens (tertiary/aromatic N) is 2. The number of amides is 1. The highest BCUT2D eigenvalue weighted by molar-refractivity contribution is 6.25. The molecule has 0 bridgehead atoms. The van der Waals surface area contributed by atoms with Crippen LogP contribution in [0.2, 0.25) is 0 Å². The fourth-order valence-corrected chi connectivity index (χ4v) is 8.06. The Hall–Kier alpha value is -4.32. The van der Waals surface area contributed by atoms with Crippen LogP contribution in [0.1, 0.15) is 54.1 Å². The van der Waals surface area contributed by atoms with Gasteiger partial charge in [0.15, 0.2) is 17.2 Å². The van der Waals surface area contributed by atoms with Gasteiger partial charge in [-0.15, -0.1) is 0 Å². The number of hydrogen-bond acceptors (Lipinski definition) is 10. The highest BCUT2D eigenvalue weighted by Crippen LogP contribution is 2.53. The maximum Gasteiger partial charge on any atom is 0.251 e. The molecule has 1 heterocycles. The van der Waals surface area contributed by atoms with Crippen molar-refractivity contribution in [1.29, 1.82) is 0 Å². The summed E-state index contributed by atoms with van der Waals surface area (Å²) in [4.78, 5) is 56.9. The van der Waals surface area contributed by atoms with Crippen LogP contribution in [-0.2, 0) is 20.8 Å². The predicted octanol–water partition coefficient (Wildman–Crippen LogP) is 2.95. The number of carbonyl (C=O) groups is 4. The van der Waals surface area contributed by atoms with E-state index in [0.29, 0.717) is 28.8 Å². The molecule has 2 fully saturated rings. The second-order valence-electron chi connectivity index (χ2n) is 13.4. The van der Waals surface area contributed by atoms with E-state index >= 15 is 0 Å². The van der Waals surface area contributed by atoms with E-state index in [-0.39, 0.29) is 35.6 Å². The van der Waals surface area contributed by atoms with Gasteiger partial charge in [-0.25, -0.2) is 0 Å². The van der Waals surface area contributed by atoms with Gasteiger partial charge in [-0.1, -0.05) is 24.6 Å². The Morgan fingerprint density at radius 3 is 2.45 bits per heavy atom. The summed E-state index contributed by atoms with van der Waals surface area (Å²) in [6, 6.07) is 9.07. The Balaban J connectivity index is 1.36. The van der Waals surface area contributed by atoms with Gasteiger partial charge in [-0.3, -0.25) is 24.1 Å². The molecule has 0 spiro atoms. The summed E-state index contributed by atoms with van der Waals surface area (Å²) < 4.78 is 0. The maximum atomic E-state index is 14.1. The first-order valence-electron chi connectivity index (χ1n) is 16.2. The van der Waals surface area contributed by atoms with Gasteiger partial charge in [0.05, 0.1) is 11.6 Å². The number of phenolic OH excluding ortho intramolecular Hbond substituents is 1. The minimum absolute atomic E-state index is 0.0202. The zero-order valence-electron chi connectivity index (χ0n) is 26.9. The zero-order valence-corrected chi connectivity index (χ0v) is 26.9. The van der Waals surface area contributed by atoms with Crippen molar-refractivity contribution in [3.8, 4) is 16.9 Å². The normalized spacial score (nSPS) is 26.2. The van der Waals surface area contributed by atoms with Crippen molar-refractivity contribution in [2.45, 2.75) is 50.7 Å². The Bertz CT molecular complexity index is 1740. The highest BCUT2D eigenvalue weighted by Gasteiger charge is 2.64. The van der Waals surface area contributed by atoms with Gasteiger partial charge in [-0.05, 0) is 101 Å². The van der Waals surface area contributed by atoms with Gasteiger partial charge < -0.3 is 30.6 Å². The summed E-state index contributed by atoms with van der Waals surface area (Å²) in [5.41, 5.74) is -1.09. The molecule has 4 atom stereocenters. The van der Waals surface area contributed by atoms with Crippen LogP contribution in [0.4, 0.5) is 0 Å². The number of benzene rings is 2. The summed E-state index contributed by atoms with van der Waals surface area (Å²) in [5.74, 6) is -6.29. The summed E-state index contributed by atoms with van der Waals surface area (Å²) in [5, 5.41) is 48.5. The molecule has 2 aromatic carbocycles. The molecule has 47 heavy (non-hydrogen) atoms. The van der Waals surface area contributed by atoms with Gasteiger partial charge in [-0.2, -0.15) is 0 Å². The smallest absolute Gasteiger partial charge is 0.251 e. The van der Waals surface area contributed by atoms with Crippen LogP contribution < -0.4 is 5.32 Å². The summed E-state index contributed by atoms with van der Waals surface area (Å²) >= 11 is 0. The van der Waals surface area contributed by atoms with Gasteiger partial charge in [0.1, 0.15) is 22.8 Å². The molecule has 1 saturated heterocycles. The van der Waals surface area contributed by atoms with Gasteiger partial charge in [0, 0.05) is 30.1 Å². The van der Waals surface area contributed by atoms with Crippen LogP contribution in [-0.4, -0.2) is 105 Å². The maximum absolute atomic E-state index is 14.1. The van der Waals surface area contributed by atoms with Gasteiger partial charge >= 0.3 is 0 Å². The molecule has 11 nitrogen and oxygen atoms in total. The molecule has 6 rings (SSSR count). The predicted molar refractivity (Wildman–Crippen MR) is 174 cm³/mol. The number of rotatable bonds is 7. The van der Waals surface area contributed by atoms with Crippen molar-refractivity contribution in [3.05, 3.63) is 70.0 Å². The SMILES string of the molecule is CC(=O)C1=C(O)[C@@]2(O)C(=O)C3=C(O)c4c(O)ccc(-c5cccc(C(=O)NCCN6CCCCC6)c5)c4C[C@H]3C[C@H]2[C@@H](N(C)C)C1=O. The van der Waals surface area contributed by atoms with Crippen LogP contribution in [0.3, 0.4) is 0 Å². The first kappa shape index (κ1) is 32.6. The van der Waals surface area contributed by atoms with Crippen molar-refractivity contribution in [2.75, 3.05) is 40.3 Å². The number of likely N-dealkylation sites (N-methyl/N-ethyl adjacent to an activating group) is 1. The van der Waals surface area contributed by atoms with E-state index in [1.54, 1.807) is 38.4 Å². The Labute approximate surface area is 273 Å². The largest absolute Gasteiger partial charge is 0.508 e. The number of ketones is 3. The summed E-state index contributed by atoms with van der Waals surface area (Å²) in [7, 11) is 3.19. The van der Waals surface area contributed by atoms with E-state index in [1.165, 1.54) is 30.2 Å². The quantitative estimate of drug-likeness (QED) is 0.283. The first-order chi connectivity index (χ1) is 22.4. The average Bonchev–Trinajstić information content (AvgIpc) is 3.03. The number of phenols is 1. The average molecular weight is 644 g/mol. The number of piperidine rings is 1. The summed E-state index contributed by atoms with van der Waals surface area (Å²) in [6.07, 6.45) is 3.78. The number of fused-ring (bicyclic) bond motifs is 3. The Morgan fingerprint density at radius 1 is 1.04 bits per heavy atom. The van der Waals surface area contributed by atoms with Crippen molar-refractivity contribution < 1.29 is 39.6 Å². The number of nitrogens with one attached hydrogen (secondary N) is 1. The first-order valence-corrected chi connectivity index (χ1v) is 16.2. The lowest BCUT2D eigenvalue weighted by atomic mass is 9.57. The molecule has 1 amide bonds. The number of aliphatic hydroxyl groups excluding tert-OH is 2. The van der Waals surface area contributed by atoms with E-state index in [0.717, 1.165) is 26.6 Å². The topological polar surface area (TPSA) is 168 Å². The Kier molecular flexibility index (Phi) is 8.58. The minimum atomic E-state index is -2.62. The van der Waals surface area contributed by atoms with Gasteiger partial charge in [0.25, 0.3) is 5.91 Å². The zero-order chi connectivity index (χ0) is 33.8. The number of aromatic hydroxyl groups is 1. The second kappa shape index (κ2) is 12.4. The molecule has 0 aromatic heterocycles. The summed E-state index contributed by atoms with van der Waals surface area (Å²) in [6.45, 7) is 4.46. The monoisotopic (exact) mass is 643 g/mol. The molecule has 11 heteroatoms. The van der Waals surface area contributed by atoms with E-state index in [2.05, 4.69) is 10.2 Å². The molecule has 3 aliphatic carbocycles. The Morgan fingerprint density at radius 2 is 1.77 bits per heavy atom. The number of hydrogen-bond donors (Lipinski definition) is 5. The van der Waals surface area contributed by atoms with Crippen LogP contribution in [0.25, 0.3) is 16.9 Å². The number of aliphatic hydroxyl groups is 3. The van der Waals surface area contributed by atoms with Gasteiger partial charge in [0.2, 0.25) is 5.78 Å². The minimum Gasteiger partial charge on any atom is -0.508 e. The van der Waals surface area contributed by atoms with E-state index in [4.69, 9.17) is 0 Å². The van der Waals surface area contributed by atoms with Crippen molar-refractivity contribution >= 4 is 29.0 Å². The molecule has 0 unspecified atom stereocenters. The molecule has 4 aliphatic rings. The van der Waals surface area contributed by atoms with E-state index in [1.807, 2.05) is 6.07 Å². The van der Waals surface area contributed by atoms with Crippen molar-refractivity contribution in [3.63, 3.8) is 0 Å². The van der Waals surface area contributed by atoms with E-state index < -0.39 is 57.9 Å². The number of carbonyl (C=O) groups excluding carboxylic acids is 4. The third-order valence-electron chi connectivity index (χ3n) is 10.3. The van der Waals surface area contributed by atoms with Crippen LogP contribution >= 0.6 is 0 Å². The third-order valence-corrected chi connectivity index (χ3v) is 10.3. The molecule has 0 radical (unpaired) electrons. The molecule has 1 aliphatic heterocycles. The molecule has 5 N–H and O–H groups in total. The molecule has 248 valence electrons. The fourth-order valence-electron chi connectivity index (χ4n) is 8.06. The number of Topliss-reactive ketones (excluding diaryl/α,β-unsaturated/α-hetero) is 3. The van der Waals surface area contributed by atoms with Crippen LogP contribution in [0.15, 0.2) is 53.3 Å². The van der Waals surface area contributed by atoms with E-state index in [9.17, 15) is 39.6 Å². The third kappa shape index (κ3) is 5.36. The molecular formula is C36H41N3O8. The molecule has 1 saturated carbocycles. The highest BCUT2D eigenvalue weighted by atomic mass is 16.3. The standard InChI is InChI=1S/C36H41N3O8/c1-19(40)27-32(43)30(38(2)3)25-18-22-17-24-23(10-11-26(41)29(24)31(42)28(22)34(45)36(25,47)33(27)44)20-8-7-9-21(16-20)35(46)37-12-15-39-13-5-4-6-14-39/h7-11,16,22,25,30,41-42,44,47H,4-6,12-15,17-18H2,1-3H3,(H,37,46)/t22-,25-,30+,36+/m0/s1.